The number of nitrogens with two attached hydrogens (primary N) is 1. The molecule has 0 aromatic heterocycles. The molecule has 6 heteroatoms. The number of anilines is 1. The summed E-state index contributed by atoms with van der Waals surface area (Å²) >= 11 is 0. The van der Waals surface area contributed by atoms with Gasteiger partial charge in [-0.05, 0) is 31.4 Å². The molecule has 1 aromatic rings. The molecule has 0 saturated carbocycles. The molecular weight excluding hydrogens is 273 g/mol. The lowest BCUT2D eigenvalue weighted by Crippen LogP contribution is -2.49. The SMILES string of the molecule is CCC1(C(N)=O)CCN(C(=O)Nc2ccccc2F)CC1. The molecule has 3 amide bonds. The number of hydrogen-bond donors (Lipinski definition) is 2. The maximum Gasteiger partial charge on any atom is 0.321 e. The fourth-order valence-electron chi connectivity index (χ4n) is 2.67. The Kier molecular flexibility index (Phi) is 4.45. The van der Waals surface area contributed by atoms with E-state index in [1.54, 1.807) is 17.0 Å². The van der Waals surface area contributed by atoms with E-state index in [-0.39, 0.29) is 17.6 Å². The average molecular weight is 293 g/mol. The van der Waals surface area contributed by atoms with Crippen molar-refractivity contribution in [1.29, 1.82) is 0 Å². The smallest absolute Gasteiger partial charge is 0.321 e. The number of para-hydroxylation sites is 1. The van der Waals surface area contributed by atoms with Gasteiger partial charge in [-0.3, -0.25) is 4.79 Å². The Morgan fingerprint density at radius 1 is 1.33 bits per heavy atom. The number of carbonyl (C=O) groups excluding carboxylic acids is 2. The topological polar surface area (TPSA) is 75.4 Å². The van der Waals surface area contributed by atoms with Gasteiger partial charge in [0.15, 0.2) is 0 Å². The largest absolute Gasteiger partial charge is 0.369 e. The molecule has 0 aliphatic carbocycles. The van der Waals surface area contributed by atoms with Crippen LogP contribution >= 0.6 is 0 Å². The van der Waals surface area contributed by atoms with Crippen LogP contribution in [0.15, 0.2) is 24.3 Å². The van der Waals surface area contributed by atoms with Crippen LogP contribution in [-0.4, -0.2) is 29.9 Å². The van der Waals surface area contributed by atoms with Gasteiger partial charge in [-0.1, -0.05) is 19.1 Å². The number of benzene rings is 1. The number of hydrogen-bond acceptors (Lipinski definition) is 2. The molecule has 1 aliphatic rings. The molecule has 1 aromatic carbocycles. The van der Waals surface area contributed by atoms with Crippen LogP contribution in [0.25, 0.3) is 0 Å². The van der Waals surface area contributed by atoms with Crippen molar-refractivity contribution in [3.05, 3.63) is 30.1 Å². The molecule has 1 fully saturated rings. The highest BCUT2D eigenvalue weighted by atomic mass is 19.1. The number of rotatable bonds is 3. The monoisotopic (exact) mass is 293 g/mol. The Labute approximate surface area is 123 Å². The van der Waals surface area contributed by atoms with E-state index >= 15 is 0 Å². The highest BCUT2D eigenvalue weighted by Crippen LogP contribution is 2.34. The standard InChI is InChI=1S/C15H20FN3O2/c1-2-15(13(17)20)7-9-19(10-8-15)14(21)18-12-6-4-3-5-11(12)16/h3-6H,2,7-10H2,1H3,(H2,17,20)(H,18,21). The summed E-state index contributed by atoms with van der Waals surface area (Å²) in [5, 5.41) is 2.55. The van der Waals surface area contributed by atoms with E-state index in [9.17, 15) is 14.0 Å². The van der Waals surface area contributed by atoms with Gasteiger partial charge in [0, 0.05) is 13.1 Å². The highest BCUT2D eigenvalue weighted by molar-refractivity contribution is 5.90. The summed E-state index contributed by atoms with van der Waals surface area (Å²) in [5.74, 6) is -0.776. The predicted octanol–water partition coefficient (Wildman–Crippen LogP) is 2.34. The second-order valence-electron chi connectivity index (χ2n) is 5.40. The first-order valence-corrected chi connectivity index (χ1v) is 7.09. The number of halogens is 1. The van der Waals surface area contributed by atoms with Crippen LogP contribution in [0.4, 0.5) is 14.9 Å². The fourth-order valence-corrected chi connectivity index (χ4v) is 2.67. The molecular formula is C15H20FN3O2. The number of primary amides is 1. The summed E-state index contributed by atoms with van der Waals surface area (Å²) < 4.78 is 13.5. The third-order valence-electron chi connectivity index (χ3n) is 4.32. The van der Waals surface area contributed by atoms with Gasteiger partial charge in [-0.15, -0.1) is 0 Å². The van der Waals surface area contributed by atoms with Crippen LogP contribution in [0.5, 0.6) is 0 Å². The van der Waals surface area contributed by atoms with Gasteiger partial charge < -0.3 is 16.0 Å². The summed E-state index contributed by atoms with van der Waals surface area (Å²) in [6.45, 7) is 2.81. The van der Waals surface area contributed by atoms with Crippen LogP contribution in [0.3, 0.4) is 0 Å². The maximum absolute atomic E-state index is 13.5. The van der Waals surface area contributed by atoms with Gasteiger partial charge in [0.05, 0.1) is 11.1 Å². The number of nitrogens with one attached hydrogen (secondary N) is 1. The normalized spacial score (nSPS) is 17.3. The van der Waals surface area contributed by atoms with E-state index in [0.29, 0.717) is 32.4 Å². The second-order valence-corrected chi connectivity index (χ2v) is 5.40. The fraction of sp³-hybridized carbons (Fsp3) is 0.467. The van der Waals surface area contributed by atoms with E-state index in [2.05, 4.69) is 5.32 Å². The lowest BCUT2D eigenvalue weighted by molar-refractivity contribution is -0.130. The number of carbonyl (C=O) groups is 2. The Morgan fingerprint density at radius 2 is 1.95 bits per heavy atom. The van der Waals surface area contributed by atoms with Crippen LogP contribution in [-0.2, 0) is 4.79 Å². The lowest BCUT2D eigenvalue weighted by Gasteiger charge is -2.39. The molecule has 114 valence electrons. The Hall–Kier alpha value is -2.11. The van der Waals surface area contributed by atoms with Crippen molar-refractivity contribution < 1.29 is 14.0 Å². The molecule has 0 spiro atoms. The number of nitrogens with zero attached hydrogens (tertiary/aromatic N) is 1. The summed E-state index contributed by atoms with van der Waals surface area (Å²) in [7, 11) is 0. The van der Waals surface area contributed by atoms with Crippen LogP contribution in [0.2, 0.25) is 0 Å². The maximum atomic E-state index is 13.5. The molecule has 0 atom stereocenters. The number of likely N-dealkylation sites (tertiary alicyclic amines) is 1. The molecule has 1 aliphatic heterocycles. The van der Waals surface area contributed by atoms with Crippen molar-refractivity contribution in [3.8, 4) is 0 Å². The first kappa shape index (κ1) is 15.3. The molecule has 5 nitrogen and oxygen atoms in total. The Bertz CT molecular complexity index is 539. The zero-order valence-electron chi connectivity index (χ0n) is 12.1. The van der Waals surface area contributed by atoms with Crippen molar-refractivity contribution in [1.82, 2.24) is 4.90 Å². The minimum atomic E-state index is -0.519. The van der Waals surface area contributed by atoms with E-state index < -0.39 is 11.2 Å². The third-order valence-corrected chi connectivity index (χ3v) is 4.32. The van der Waals surface area contributed by atoms with Gasteiger partial charge in [-0.25, -0.2) is 9.18 Å². The number of amides is 3. The zero-order chi connectivity index (χ0) is 15.5. The lowest BCUT2D eigenvalue weighted by atomic mass is 9.75. The van der Waals surface area contributed by atoms with Crippen molar-refractivity contribution in [2.75, 3.05) is 18.4 Å². The summed E-state index contributed by atoms with van der Waals surface area (Å²) in [6, 6.07) is 5.67. The minimum Gasteiger partial charge on any atom is -0.369 e. The average Bonchev–Trinajstić information content (AvgIpc) is 2.49. The van der Waals surface area contributed by atoms with E-state index in [1.165, 1.54) is 12.1 Å². The van der Waals surface area contributed by atoms with Crippen LogP contribution in [0, 0.1) is 11.2 Å². The Balaban J connectivity index is 1.98. The quantitative estimate of drug-likeness (QED) is 0.897. The molecule has 0 unspecified atom stereocenters. The van der Waals surface area contributed by atoms with E-state index in [1.807, 2.05) is 6.92 Å². The van der Waals surface area contributed by atoms with Crippen LogP contribution < -0.4 is 11.1 Å². The summed E-state index contributed by atoms with van der Waals surface area (Å²) in [6.07, 6.45) is 1.76. The van der Waals surface area contributed by atoms with Gasteiger partial charge >= 0.3 is 6.03 Å². The molecule has 3 N–H and O–H groups in total. The van der Waals surface area contributed by atoms with Gasteiger partial charge in [0.2, 0.25) is 5.91 Å². The van der Waals surface area contributed by atoms with Gasteiger partial charge in [-0.2, -0.15) is 0 Å². The molecule has 0 bridgehead atoms. The first-order valence-electron chi connectivity index (χ1n) is 7.09. The van der Waals surface area contributed by atoms with Gasteiger partial charge in [0.1, 0.15) is 5.82 Å². The van der Waals surface area contributed by atoms with Gasteiger partial charge in [0.25, 0.3) is 0 Å². The van der Waals surface area contributed by atoms with Crippen molar-refractivity contribution in [2.24, 2.45) is 11.1 Å². The minimum absolute atomic E-state index is 0.157. The number of urea groups is 1. The van der Waals surface area contributed by atoms with Crippen LogP contribution in [0.1, 0.15) is 26.2 Å². The van der Waals surface area contributed by atoms with E-state index in [4.69, 9.17) is 5.73 Å². The van der Waals surface area contributed by atoms with Crippen molar-refractivity contribution in [3.63, 3.8) is 0 Å². The first-order chi connectivity index (χ1) is 9.98. The molecule has 2 rings (SSSR count). The zero-order valence-corrected chi connectivity index (χ0v) is 12.1. The molecule has 21 heavy (non-hydrogen) atoms. The summed E-state index contributed by atoms with van der Waals surface area (Å²) in [4.78, 5) is 25.3. The van der Waals surface area contributed by atoms with Crippen molar-refractivity contribution >= 4 is 17.6 Å². The molecule has 1 heterocycles. The Morgan fingerprint density at radius 3 is 2.48 bits per heavy atom. The van der Waals surface area contributed by atoms with E-state index in [0.717, 1.165) is 0 Å². The second kappa shape index (κ2) is 6.11. The highest BCUT2D eigenvalue weighted by Gasteiger charge is 2.39. The summed E-state index contributed by atoms with van der Waals surface area (Å²) in [5.41, 5.74) is 5.11. The molecule has 0 radical (unpaired) electrons. The predicted molar refractivity (Wildman–Crippen MR) is 78.1 cm³/mol. The number of piperidine rings is 1. The third kappa shape index (κ3) is 3.15. The van der Waals surface area contributed by atoms with Crippen molar-refractivity contribution in [2.45, 2.75) is 26.2 Å². The molecule has 1 saturated heterocycles.